The van der Waals surface area contributed by atoms with E-state index in [0.29, 0.717) is 12.8 Å². The van der Waals surface area contributed by atoms with Gasteiger partial charge >= 0.3 is 0 Å². The van der Waals surface area contributed by atoms with Crippen LogP contribution in [-0.4, -0.2) is 98.7 Å². The Kier molecular flexibility index (Phi) is 45.0. The van der Waals surface area contributed by atoms with E-state index in [1.54, 1.807) is 0 Å². The first kappa shape index (κ1) is 63.9. The van der Waals surface area contributed by atoms with Gasteiger partial charge in [0.05, 0.1) is 25.4 Å². The largest absolute Gasteiger partial charge is 0.394 e. The molecule has 1 heterocycles. The molecule has 0 radical (unpaired) electrons. The minimum Gasteiger partial charge on any atom is -0.394 e. The number of unbranched alkanes of at least 4 members (excludes halogenated alkanes) is 37. The van der Waals surface area contributed by atoms with Gasteiger partial charge in [-0.3, -0.25) is 4.79 Å². The molecule has 0 aromatic heterocycles. The van der Waals surface area contributed by atoms with Crippen molar-refractivity contribution < 1.29 is 44.9 Å². The number of carbonyl (C=O) groups excluding carboxylic acids is 1. The van der Waals surface area contributed by atoms with Gasteiger partial charge in [0.15, 0.2) is 6.29 Å². The van der Waals surface area contributed by atoms with Crippen LogP contribution in [0.2, 0.25) is 0 Å². The highest BCUT2D eigenvalue weighted by atomic mass is 16.7. The molecule has 0 aromatic carbocycles. The number of hydrogen-bond acceptors (Lipinski definition) is 9. The molecule has 7 N–H and O–H groups in total. The van der Waals surface area contributed by atoms with E-state index in [9.17, 15) is 35.4 Å². The van der Waals surface area contributed by atoms with Crippen molar-refractivity contribution in [1.29, 1.82) is 0 Å². The second-order valence-electron chi connectivity index (χ2n) is 20.6. The predicted molar refractivity (Wildman–Crippen MR) is 278 cm³/mol. The number of carbonyl (C=O) groups is 1. The fourth-order valence-electron chi connectivity index (χ4n) is 9.52. The van der Waals surface area contributed by atoms with Crippen molar-refractivity contribution in [3.05, 3.63) is 12.2 Å². The van der Waals surface area contributed by atoms with Crippen molar-refractivity contribution in [3.8, 4) is 0 Å². The second kappa shape index (κ2) is 47.2. The van der Waals surface area contributed by atoms with Gasteiger partial charge in [-0.15, -0.1) is 0 Å². The van der Waals surface area contributed by atoms with Gasteiger partial charge in [0.2, 0.25) is 5.91 Å². The van der Waals surface area contributed by atoms with Gasteiger partial charge in [-0.05, 0) is 38.5 Å². The van der Waals surface area contributed by atoms with Crippen LogP contribution in [0, 0.1) is 0 Å². The normalized spacial score (nSPS) is 20.1. The molecule has 1 rings (SSSR count). The fraction of sp³-hybridized carbons (Fsp3) is 0.947. The first-order valence-corrected chi connectivity index (χ1v) is 29.0. The van der Waals surface area contributed by atoms with Gasteiger partial charge < -0.3 is 45.4 Å². The fourth-order valence-corrected chi connectivity index (χ4v) is 9.52. The lowest BCUT2D eigenvalue weighted by Gasteiger charge is -2.40. The van der Waals surface area contributed by atoms with Gasteiger partial charge in [-0.1, -0.05) is 257 Å². The Morgan fingerprint density at radius 3 is 1.21 bits per heavy atom. The zero-order valence-electron chi connectivity index (χ0n) is 43.8. The minimum absolute atomic E-state index is 0.252. The smallest absolute Gasteiger partial charge is 0.249 e. The van der Waals surface area contributed by atoms with Crippen LogP contribution in [0.4, 0.5) is 0 Å². The number of allylic oxidation sites excluding steroid dienone is 2. The molecule has 0 bridgehead atoms. The van der Waals surface area contributed by atoms with Crippen LogP contribution in [0.3, 0.4) is 0 Å². The van der Waals surface area contributed by atoms with Crippen molar-refractivity contribution in [1.82, 2.24) is 5.32 Å². The van der Waals surface area contributed by atoms with Gasteiger partial charge in [0.1, 0.15) is 30.5 Å². The standard InChI is InChI=1S/C57H111NO9/c1-3-5-7-9-11-13-15-17-18-19-20-21-22-23-24-25-26-27-28-29-30-31-32-33-34-36-38-40-42-44-46-51(61)56(65)58-49(48-66-57-55(64)54(63)53(62)52(47-59)67-57)50(60)45-43-41-39-37-35-16-14-12-10-8-6-4-2/h23-24,49-55,57,59-64H,3-22,25-48H2,1-2H3,(H,58,65)/b24-23-. The molecule has 1 amide bonds. The molecule has 1 aliphatic heterocycles. The molecular weight excluding hydrogens is 843 g/mol. The van der Waals surface area contributed by atoms with E-state index in [1.165, 1.54) is 212 Å². The summed E-state index contributed by atoms with van der Waals surface area (Å²) in [4.78, 5) is 13.1. The first-order valence-electron chi connectivity index (χ1n) is 29.0. The Balaban J connectivity index is 2.15. The number of amides is 1. The average molecular weight is 955 g/mol. The van der Waals surface area contributed by atoms with Crippen LogP contribution in [0.1, 0.15) is 284 Å². The highest BCUT2D eigenvalue weighted by molar-refractivity contribution is 5.80. The molecule has 10 nitrogen and oxygen atoms in total. The monoisotopic (exact) mass is 954 g/mol. The lowest BCUT2D eigenvalue weighted by Crippen LogP contribution is -2.60. The average Bonchev–Trinajstić information content (AvgIpc) is 3.33. The minimum atomic E-state index is -1.59. The second-order valence-corrected chi connectivity index (χ2v) is 20.6. The van der Waals surface area contributed by atoms with E-state index in [4.69, 9.17) is 9.47 Å². The Bertz CT molecular complexity index is 1080. The summed E-state index contributed by atoms with van der Waals surface area (Å²) in [5.74, 6) is -0.580. The lowest BCUT2D eigenvalue weighted by atomic mass is 9.99. The quantitative estimate of drug-likeness (QED) is 0.0232. The Labute approximate surface area is 412 Å². The first-order chi connectivity index (χ1) is 32.8. The van der Waals surface area contributed by atoms with Crippen LogP contribution in [0.25, 0.3) is 0 Å². The number of ether oxygens (including phenoxy) is 2. The van der Waals surface area contributed by atoms with Crippen LogP contribution in [0.15, 0.2) is 12.2 Å². The molecular formula is C57H111NO9. The topological polar surface area (TPSA) is 169 Å². The maximum Gasteiger partial charge on any atom is 0.249 e. The summed E-state index contributed by atoms with van der Waals surface area (Å²) in [5, 5.41) is 65.1. The third-order valence-electron chi connectivity index (χ3n) is 14.2. The molecule has 1 saturated heterocycles. The van der Waals surface area contributed by atoms with Crippen molar-refractivity contribution >= 4 is 5.91 Å². The third-order valence-corrected chi connectivity index (χ3v) is 14.2. The number of rotatable bonds is 50. The van der Waals surface area contributed by atoms with Crippen molar-refractivity contribution in [2.75, 3.05) is 13.2 Å². The summed E-state index contributed by atoms with van der Waals surface area (Å²) in [6.07, 6.45) is 47.2. The summed E-state index contributed by atoms with van der Waals surface area (Å²) in [5.41, 5.74) is 0. The molecule has 67 heavy (non-hydrogen) atoms. The van der Waals surface area contributed by atoms with E-state index in [2.05, 4.69) is 31.3 Å². The van der Waals surface area contributed by atoms with Gasteiger partial charge in [-0.2, -0.15) is 0 Å². The summed E-state index contributed by atoms with van der Waals surface area (Å²) in [7, 11) is 0. The number of nitrogens with one attached hydrogen (secondary N) is 1. The zero-order chi connectivity index (χ0) is 48.8. The Hall–Kier alpha value is -1.11. The summed E-state index contributed by atoms with van der Waals surface area (Å²) < 4.78 is 11.2. The predicted octanol–water partition coefficient (Wildman–Crippen LogP) is 13.0. The summed E-state index contributed by atoms with van der Waals surface area (Å²) in [6.45, 7) is 3.69. The number of aliphatic hydroxyl groups is 6. The van der Waals surface area contributed by atoms with E-state index >= 15 is 0 Å². The highest BCUT2D eigenvalue weighted by Gasteiger charge is 2.44. The zero-order valence-corrected chi connectivity index (χ0v) is 43.8. The maximum absolute atomic E-state index is 13.1. The van der Waals surface area contributed by atoms with E-state index in [1.807, 2.05) is 0 Å². The molecule has 8 atom stereocenters. The van der Waals surface area contributed by atoms with Crippen LogP contribution in [-0.2, 0) is 14.3 Å². The van der Waals surface area contributed by atoms with Gasteiger partial charge in [-0.25, -0.2) is 0 Å². The molecule has 0 aromatic rings. The van der Waals surface area contributed by atoms with Crippen LogP contribution < -0.4 is 5.32 Å². The Morgan fingerprint density at radius 1 is 0.493 bits per heavy atom. The molecule has 1 fully saturated rings. The summed E-state index contributed by atoms with van der Waals surface area (Å²) in [6, 6.07) is -0.890. The van der Waals surface area contributed by atoms with Crippen LogP contribution in [0.5, 0.6) is 0 Å². The lowest BCUT2D eigenvalue weighted by molar-refractivity contribution is -0.302. The SMILES string of the molecule is CCCCCCCCCCCCCC/C=C\CCCCCCCCCCCCCCCCC(O)C(=O)NC(COC1OC(CO)C(O)C(O)C1O)C(O)CCCCCCCCCCCCCC. The molecule has 0 spiro atoms. The summed E-state index contributed by atoms with van der Waals surface area (Å²) >= 11 is 0. The van der Waals surface area contributed by atoms with Crippen molar-refractivity contribution in [2.24, 2.45) is 0 Å². The third kappa shape index (κ3) is 36.5. The molecule has 8 unspecified atom stereocenters. The van der Waals surface area contributed by atoms with Crippen molar-refractivity contribution in [2.45, 2.75) is 332 Å². The van der Waals surface area contributed by atoms with Gasteiger partial charge in [0.25, 0.3) is 0 Å². The molecule has 0 saturated carbocycles. The number of aliphatic hydroxyl groups excluding tert-OH is 6. The van der Waals surface area contributed by atoms with Crippen molar-refractivity contribution in [3.63, 3.8) is 0 Å². The van der Waals surface area contributed by atoms with E-state index in [0.717, 1.165) is 44.9 Å². The maximum atomic E-state index is 13.1. The molecule has 10 heteroatoms. The van der Waals surface area contributed by atoms with E-state index in [-0.39, 0.29) is 6.61 Å². The molecule has 0 aliphatic carbocycles. The van der Waals surface area contributed by atoms with Gasteiger partial charge in [0, 0.05) is 0 Å². The van der Waals surface area contributed by atoms with E-state index < -0.39 is 61.5 Å². The number of hydrogen-bond donors (Lipinski definition) is 7. The molecule has 398 valence electrons. The highest BCUT2D eigenvalue weighted by Crippen LogP contribution is 2.23. The Morgan fingerprint density at radius 2 is 0.836 bits per heavy atom. The molecule has 1 aliphatic rings. The van der Waals surface area contributed by atoms with Crippen LogP contribution >= 0.6 is 0 Å².